The van der Waals surface area contributed by atoms with Gasteiger partial charge in [0.2, 0.25) is 0 Å². The van der Waals surface area contributed by atoms with Crippen LogP contribution in [0.4, 0.5) is 0 Å². The number of rotatable bonds is 55. The second-order valence-corrected chi connectivity index (χ2v) is 20.2. The Balaban J connectivity index is 4.29. The van der Waals surface area contributed by atoms with Gasteiger partial charge in [0.25, 0.3) is 0 Å². The first kappa shape index (κ1) is 67.8. The second-order valence-electron chi connectivity index (χ2n) is 20.2. The van der Waals surface area contributed by atoms with Crippen LogP contribution in [-0.2, 0) is 28.6 Å². The smallest absolute Gasteiger partial charge is 0.306 e. The van der Waals surface area contributed by atoms with Gasteiger partial charge in [0.05, 0.1) is 0 Å². The third-order valence-corrected chi connectivity index (χ3v) is 13.2. The highest BCUT2D eigenvalue weighted by Gasteiger charge is 2.19. The predicted molar refractivity (Wildman–Crippen MR) is 307 cm³/mol. The van der Waals surface area contributed by atoms with Crippen LogP contribution in [0.3, 0.4) is 0 Å². The van der Waals surface area contributed by atoms with Crippen molar-refractivity contribution in [2.75, 3.05) is 13.2 Å². The predicted octanol–water partition coefficient (Wildman–Crippen LogP) is 20.5. The fraction of sp³-hybridized carbons (Fsp3) is 0.769. The van der Waals surface area contributed by atoms with E-state index >= 15 is 0 Å². The van der Waals surface area contributed by atoms with Gasteiger partial charge in [-0.1, -0.05) is 248 Å². The summed E-state index contributed by atoms with van der Waals surface area (Å²) >= 11 is 0. The van der Waals surface area contributed by atoms with Crippen LogP contribution < -0.4 is 0 Å². The molecule has 410 valence electrons. The van der Waals surface area contributed by atoms with Gasteiger partial charge in [-0.05, 0) is 109 Å². The summed E-state index contributed by atoms with van der Waals surface area (Å²) in [6.07, 6.45) is 76.2. The lowest BCUT2D eigenvalue weighted by Gasteiger charge is -2.18. The summed E-state index contributed by atoms with van der Waals surface area (Å²) in [4.78, 5) is 38.2. The third-order valence-electron chi connectivity index (χ3n) is 13.2. The number of hydrogen-bond acceptors (Lipinski definition) is 6. The van der Waals surface area contributed by atoms with Gasteiger partial charge in [-0.15, -0.1) is 0 Å². The van der Waals surface area contributed by atoms with Gasteiger partial charge in [-0.2, -0.15) is 0 Å². The van der Waals surface area contributed by atoms with Gasteiger partial charge >= 0.3 is 17.9 Å². The Morgan fingerprint density at radius 2 is 0.549 bits per heavy atom. The van der Waals surface area contributed by atoms with Crippen molar-refractivity contribution in [1.82, 2.24) is 0 Å². The Kier molecular flexibility index (Phi) is 56.8. The number of carbonyl (C=O) groups excluding carboxylic acids is 3. The molecule has 0 heterocycles. The molecule has 71 heavy (non-hydrogen) atoms. The molecule has 0 radical (unpaired) electrons. The standard InChI is InChI=1S/C65H114O6/c1-4-7-10-13-16-19-22-25-27-28-29-30-31-32-33-34-35-36-38-40-43-46-49-52-55-58-64(67)70-61-62(60-69-63(66)57-54-51-48-45-42-39-24-21-18-15-12-9-6-3)71-65(68)59-56-53-50-47-44-41-37-26-23-20-17-14-11-8-5-2/h9,12,18,21-22,25-26,28-29,37,39,42,62H,4-8,10-11,13-17,19-20,23-24,27,30-36,38,40-41,43-61H2,1-3H3/b12-9-,21-18-,25-22-,29-28-,37-26-,42-39-. The molecule has 0 aromatic heterocycles. The molecule has 0 amide bonds. The van der Waals surface area contributed by atoms with Gasteiger partial charge < -0.3 is 14.2 Å². The summed E-state index contributed by atoms with van der Waals surface area (Å²) in [6.45, 7) is 6.50. The SMILES string of the molecule is CC/C=C\C/C=C\C/C=C\CCCCCC(=O)OCC(COC(=O)CCCCCCCCCCCCCCC/C=C\C/C=C\CCCCCCC)OC(=O)CCCCCCC/C=C\CCCCCCCC. The van der Waals surface area contributed by atoms with Crippen LogP contribution in [0.15, 0.2) is 72.9 Å². The van der Waals surface area contributed by atoms with Crippen molar-refractivity contribution in [2.24, 2.45) is 0 Å². The molecule has 0 aromatic rings. The number of hydrogen-bond donors (Lipinski definition) is 0. The number of carbonyl (C=O) groups is 3. The molecule has 0 aliphatic rings. The van der Waals surface area contributed by atoms with E-state index in [1.165, 1.54) is 161 Å². The van der Waals surface area contributed by atoms with Crippen LogP contribution in [0.1, 0.15) is 303 Å². The molecule has 0 aliphatic heterocycles. The first-order valence-corrected chi connectivity index (χ1v) is 30.4. The third kappa shape index (κ3) is 57.6. The summed E-state index contributed by atoms with van der Waals surface area (Å²) in [6, 6.07) is 0. The minimum Gasteiger partial charge on any atom is -0.462 e. The van der Waals surface area contributed by atoms with Crippen LogP contribution >= 0.6 is 0 Å². The molecule has 0 aromatic carbocycles. The molecule has 0 saturated carbocycles. The lowest BCUT2D eigenvalue weighted by molar-refractivity contribution is -0.167. The Hall–Kier alpha value is -3.15. The van der Waals surface area contributed by atoms with Gasteiger partial charge in [-0.25, -0.2) is 0 Å². The van der Waals surface area contributed by atoms with E-state index in [1.54, 1.807) is 0 Å². The normalized spacial score (nSPS) is 12.5. The van der Waals surface area contributed by atoms with E-state index in [9.17, 15) is 14.4 Å². The van der Waals surface area contributed by atoms with Crippen molar-refractivity contribution in [3.63, 3.8) is 0 Å². The van der Waals surface area contributed by atoms with Crippen molar-refractivity contribution >= 4 is 17.9 Å². The van der Waals surface area contributed by atoms with Crippen molar-refractivity contribution in [3.8, 4) is 0 Å². The zero-order valence-corrected chi connectivity index (χ0v) is 47.0. The maximum absolute atomic E-state index is 12.9. The lowest BCUT2D eigenvalue weighted by atomic mass is 10.0. The van der Waals surface area contributed by atoms with Crippen LogP contribution in [0.2, 0.25) is 0 Å². The highest BCUT2D eigenvalue weighted by molar-refractivity contribution is 5.71. The Morgan fingerprint density at radius 1 is 0.296 bits per heavy atom. The zero-order chi connectivity index (χ0) is 51.4. The first-order valence-electron chi connectivity index (χ1n) is 30.4. The average Bonchev–Trinajstić information content (AvgIpc) is 3.37. The first-order chi connectivity index (χ1) is 35.0. The molecule has 0 N–H and O–H groups in total. The number of ether oxygens (including phenoxy) is 3. The van der Waals surface area contributed by atoms with E-state index in [0.717, 1.165) is 103 Å². The molecule has 0 saturated heterocycles. The summed E-state index contributed by atoms with van der Waals surface area (Å²) in [5.74, 6) is -0.917. The Morgan fingerprint density at radius 3 is 0.887 bits per heavy atom. The fourth-order valence-corrected chi connectivity index (χ4v) is 8.60. The number of unbranched alkanes of at least 4 members (excludes halogenated alkanes) is 32. The summed E-state index contributed by atoms with van der Waals surface area (Å²) in [5, 5.41) is 0. The number of esters is 3. The van der Waals surface area contributed by atoms with E-state index in [-0.39, 0.29) is 31.1 Å². The number of allylic oxidation sites excluding steroid dienone is 12. The molecule has 0 rings (SSSR count). The van der Waals surface area contributed by atoms with Crippen LogP contribution in [-0.4, -0.2) is 37.2 Å². The van der Waals surface area contributed by atoms with Crippen LogP contribution in [0.25, 0.3) is 0 Å². The van der Waals surface area contributed by atoms with Gasteiger partial charge in [0.1, 0.15) is 13.2 Å². The van der Waals surface area contributed by atoms with E-state index in [0.29, 0.717) is 19.3 Å². The second kappa shape index (κ2) is 59.4. The Labute approximate surface area is 440 Å². The topological polar surface area (TPSA) is 78.9 Å². The largest absolute Gasteiger partial charge is 0.462 e. The monoisotopic (exact) mass is 991 g/mol. The molecule has 6 nitrogen and oxygen atoms in total. The van der Waals surface area contributed by atoms with E-state index < -0.39 is 6.10 Å². The summed E-state index contributed by atoms with van der Waals surface area (Å²) in [7, 11) is 0. The van der Waals surface area contributed by atoms with Gasteiger partial charge in [0.15, 0.2) is 6.10 Å². The minimum atomic E-state index is -0.792. The van der Waals surface area contributed by atoms with Crippen LogP contribution in [0.5, 0.6) is 0 Å². The maximum atomic E-state index is 12.9. The maximum Gasteiger partial charge on any atom is 0.306 e. The van der Waals surface area contributed by atoms with Gasteiger partial charge in [0, 0.05) is 19.3 Å². The fourth-order valence-electron chi connectivity index (χ4n) is 8.60. The van der Waals surface area contributed by atoms with Crippen molar-refractivity contribution in [1.29, 1.82) is 0 Å². The molecule has 0 aliphatic carbocycles. The van der Waals surface area contributed by atoms with E-state index in [2.05, 4.69) is 93.7 Å². The molecular weight excluding hydrogens is 877 g/mol. The van der Waals surface area contributed by atoms with Gasteiger partial charge in [-0.3, -0.25) is 14.4 Å². The molecule has 0 bridgehead atoms. The summed E-state index contributed by atoms with van der Waals surface area (Å²) in [5.41, 5.74) is 0. The van der Waals surface area contributed by atoms with Crippen molar-refractivity contribution in [2.45, 2.75) is 309 Å². The molecule has 0 spiro atoms. The van der Waals surface area contributed by atoms with Crippen molar-refractivity contribution < 1.29 is 28.6 Å². The highest BCUT2D eigenvalue weighted by Crippen LogP contribution is 2.16. The highest BCUT2D eigenvalue weighted by atomic mass is 16.6. The minimum absolute atomic E-state index is 0.0873. The zero-order valence-electron chi connectivity index (χ0n) is 47.0. The average molecular weight is 992 g/mol. The quantitative estimate of drug-likeness (QED) is 0.0261. The molecular formula is C65H114O6. The molecule has 1 atom stereocenters. The van der Waals surface area contributed by atoms with E-state index in [4.69, 9.17) is 14.2 Å². The van der Waals surface area contributed by atoms with Crippen LogP contribution in [0, 0.1) is 0 Å². The molecule has 0 fully saturated rings. The lowest BCUT2D eigenvalue weighted by Crippen LogP contribution is -2.30. The summed E-state index contributed by atoms with van der Waals surface area (Å²) < 4.78 is 16.9. The van der Waals surface area contributed by atoms with Crippen molar-refractivity contribution in [3.05, 3.63) is 72.9 Å². The molecule has 6 heteroatoms. The van der Waals surface area contributed by atoms with E-state index in [1.807, 2.05) is 0 Å². The Bertz CT molecular complexity index is 1320. The molecule has 1 unspecified atom stereocenters.